The molecule has 19 heavy (non-hydrogen) atoms. The predicted octanol–water partition coefficient (Wildman–Crippen LogP) is 5.09. The third-order valence-electron chi connectivity index (χ3n) is 2.06. The molecule has 102 valence electrons. The predicted molar refractivity (Wildman–Crippen MR) is 67.1 cm³/mol. The van der Waals surface area contributed by atoms with E-state index in [1.165, 1.54) is 12.1 Å². The van der Waals surface area contributed by atoms with Crippen molar-refractivity contribution in [2.24, 2.45) is 0 Å². The Balaban J connectivity index is 3.66. The first-order valence-electron chi connectivity index (χ1n) is 4.62. The van der Waals surface area contributed by atoms with Crippen LogP contribution in [0.3, 0.4) is 0 Å². The topological polar surface area (TPSA) is 33.0 Å². The van der Waals surface area contributed by atoms with Crippen molar-refractivity contribution in [1.82, 2.24) is 0 Å². The largest absolute Gasteiger partial charge is 0.491 e. The van der Waals surface area contributed by atoms with Crippen LogP contribution in [0.25, 0.3) is 5.57 Å². The van der Waals surface area contributed by atoms with E-state index in [0.29, 0.717) is 0 Å². The molecule has 1 aromatic carbocycles. The number of hydrogen-bond acceptors (Lipinski definition) is 2. The molecule has 0 radical (unpaired) electrons. The zero-order chi connectivity index (χ0) is 14.8. The Morgan fingerprint density at radius 3 is 2.26 bits per heavy atom. The van der Waals surface area contributed by atoms with Gasteiger partial charge in [0.25, 0.3) is 0 Å². The van der Waals surface area contributed by atoms with Crippen molar-refractivity contribution in [2.75, 3.05) is 7.11 Å². The van der Waals surface area contributed by atoms with Gasteiger partial charge in [-0.1, -0.05) is 34.8 Å². The van der Waals surface area contributed by atoms with Gasteiger partial charge in [0.1, 0.15) is 11.6 Å². The number of allylic oxidation sites excluding steroid dienone is 2. The summed E-state index contributed by atoms with van der Waals surface area (Å²) in [6.07, 6.45) is -4.84. The van der Waals surface area contributed by atoms with Gasteiger partial charge >= 0.3 is 6.18 Å². The zero-order valence-corrected chi connectivity index (χ0v) is 11.5. The van der Waals surface area contributed by atoms with E-state index in [4.69, 9.17) is 40.1 Å². The first-order valence-corrected chi connectivity index (χ1v) is 5.76. The first kappa shape index (κ1) is 16.0. The van der Waals surface area contributed by atoms with E-state index in [9.17, 15) is 13.2 Å². The van der Waals surface area contributed by atoms with Gasteiger partial charge in [0.05, 0.1) is 17.2 Å². The smallest absolute Gasteiger partial charge is 0.450 e. The van der Waals surface area contributed by atoms with Gasteiger partial charge in [-0.3, -0.25) is 0 Å². The molecule has 0 spiro atoms. The van der Waals surface area contributed by atoms with Crippen LogP contribution in [-0.2, 0) is 4.74 Å². The molecule has 0 saturated carbocycles. The third-order valence-corrected chi connectivity index (χ3v) is 3.08. The summed E-state index contributed by atoms with van der Waals surface area (Å²) >= 11 is 17.2. The minimum atomic E-state index is -4.84. The number of nitriles is 1. The van der Waals surface area contributed by atoms with Gasteiger partial charge in [-0.25, -0.2) is 0 Å². The van der Waals surface area contributed by atoms with E-state index in [1.807, 2.05) is 0 Å². The van der Waals surface area contributed by atoms with Crippen LogP contribution < -0.4 is 0 Å². The van der Waals surface area contributed by atoms with E-state index >= 15 is 0 Å². The molecule has 0 bridgehead atoms. The lowest BCUT2D eigenvalue weighted by Crippen LogP contribution is -2.15. The number of nitrogens with zero attached hydrogens (tertiary/aromatic N) is 1. The van der Waals surface area contributed by atoms with Gasteiger partial charge in [-0.15, -0.1) is 0 Å². The summed E-state index contributed by atoms with van der Waals surface area (Å²) in [5.74, 6) is -1.46. The van der Waals surface area contributed by atoms with Crippen molar-refractivity contribution in [2.45, 2.75) is 6.18 Å². The maximum Gasteiger partial charge on any atom is 0.450 e. The van der Waals surface area contributed by atoms with Crippen LogP contribution >= 0.6 is 34.8 Å². The molecule has 0 N–H and O–H groups in total. The summed E-state index contributed by atoms with van der Waals surface area (Å²) in [6, 6.07) is 3.77. The first-order chi connectivity index (χ1) is 8.72. The molecule has 1 rings (SSSR count). The molecule has 0 aromatic heterocycles. The van der Waals surface area contributed by atoms with Crippen molar-refractivity contribution in [3.63, 3.8) is 0 Å². The fourth-order valence-corrected chi connectivity index (χ4v) is 2.03. The lowest BCUT2D eigenvalue weighted by molar-refractivity contribution is -0.124. The molecule has 0 aliphatic rings. The molecule has 0 unspecified atom stereocenters. The van der Waals surface area contributed by atoms with Crippen molar-refractivity contribution in [3.8, 4) is 6.07 Å². The zero-order valence-electron chi connectivity index (χ0n) is 9.28. The SMILES string of the molecule is CO/C(=C(\C#N)c1cc(Cl)cc(Cl)c1Cl)C(F)(F)F. The Kier molecular flexibility index (Phi) is 4.97. The highest BCUT2D eigenvalue weighted by Gasteiger charge is 2.39. The van der Waals surface area contributed by atoms with Gasteiger partial charge in [0.2, 0.25) is 5.76 Å². The molecule has 0 aliphatic heterocycles. The average molecular weight is 331 g/mol. The summed E-state index contributed by atoms with van der Waals surface area (Å²) < 4.78 is 42.4. The fourth-order valence-electron chi connectivity index (χ4n) is 1.33. The minimum absolute atomic E-state index is 0.0507. The third kappa shape index (κ3) is 3.47. The molecule has 0 saturated heterocycles. The van der Waals surface area contributed by atoms with Crippen molar-refractivity contribution >= 4 is 40.4 Å². The molecular formula is C11H5Cl3F3NO. The highest BCUT2D eigenvalue weighted by molar-refractivity contribution is 6.44. The average Bonchev–Trinajstić information content (AvgIpc) is 2.29. The fraction of sp³-hybridized carbons (Fsp3) is 0.182. The van der Waals surface area contributed by atoms with Gasteiger partial charge in [-0.2, -0.15) is 18.4 Å². The molecule has 8 heteroatoms. The van der Waals surface area contributed by atoms with Crippen LogP contribution in [0.1, 0.15) is 5.56 Å². The number of ether oxygens (including phenoxy) is 1. The van der Waals surface area contributed by atoms with Crippen LogP contribution in [0.5, 0.6) is 0 Å². The maximum atomic E-state index is 12.7. The summed E-state index contributed by atoms with van der Waals surface area (Å²) in [5.41, 5.74) is -1.03. The molecule has 2 nitrogen and oxygen atoms in total. The Morgan fingerprint density at radius 1 is 1.26 bits per heavy atom. The van der Waals surface area contributed by atoms with Gasteiger partial charge < -0.3 is 4.74 Å². The summed E-state index contributed by atoms with van der Waals surface area (Å²) in [5, 5.41) is 8.70. The van der Waals surface area contributed by atoms with Gasteiger partial charge in [0.15, 0.2) is 0 Å². The van der Waals surface area contributed by atoms with Crippen molar-refractivity contribution in [3.05, 3.63) is 38.5 Å². The minimum Gasteiger partial charge on any atom is -0.491 e. The summed E-state index contributed by atoms with van der Waals surface area (Å²) in [7, 11) is 0.806. The molecule has 0 heterocycles. The molecular weight excluding hydrogens is 325 g/mol. The second-order valence-corrected chi connectivity index (χ2v) is 4.49. The lowest BCUT2D eigenvalue weighted by atomic mass is 10.1. The van der Waals surface area contributed by atoms with Crippen LogP contribution in [0.15, 0.2) is 17.9 Å². The number of rotatable bonds is 2. The van der Waals surface area contributed by atoms with Crippen molar-refractivity contribution in [1.29, 1.82) is 5.26 Å². The molecule has 1 aromatic rings. The monoisotopic (exact) mass is 329 g/mol. The van der Waals surface area contributed by atoms with E-state index in [1.54, 1.807) is 0 Å². The molecule has 0 atom stereocenters. The van der Waals surface area contributed by atoms with Crippen LogP contribution in [0.2, 0.25) is 15.1 Å². The summed E-state index contributed by atoms with van der Waals surface area (Å²) in [6.45, 7) is 0. The van der Waals surface area contributed by atoms with Crippen molar-refractivity contribution < 1.29 is 17.9 Å². The Bertz CT molecular complexity index is 576. The quantitative estimate of drug-likeness (QED) is 0.430. The molecule has 0 amide bonds. The van der Waals surface area contributed by atoms with Crippen LogP contribution in [-0.4, -0.2) is 13.3 Å². The Hall–Kier alpha value is -1.09. The number of hydrogen-bond donors (Lipinski definition) is 0. The number of methoxy groups -OCH3 is 1. The van der Waals surface area contributed by atoms with E-state index in [0.717, 1.165) is 13.2 Å². The second-order valence-electron chi connectivity index (χ2n) is 3.27. The second kappa shape index (κ2) is 5.91. The lowest BCUT2D eigenvalue weighted by Gasteiger charge is -2.14. The highest BCUT2D eigenvalue weighted by atomic mass is 35.5. The van der Waals surface area contributed by atoms with Crippen LogP contribution in [0, 0.1) is 11.3 Å². The standard InChI is InChI=1S/C11H5Cl3F3NO/c1-19-10(11(15,16)17)7(4-18)6-2-5(12)3-8(13)9(6)14/h2-3H,1H3/b10-7+. The highest BCUT2D eigenvalue weighted by Crippen LogP contribution is 2.38. The number of alkyl halides is 3. The number of benzene rings is 1. The van der Waals surface area contributed by atoms with Crippen LogP contribution in [0.4, 0.5) is 13.2 Å². The molecule has 0 fully saturated rings. The van der Waals surface area contributed by atoms with E-state index in [-0.39, 0.29) is 20.6 Å². The Morgan fingerprint density at radius 2 is 1.84 bits per heavy atom. The summed E-state index contributed by atoms with van der Waals surface area (Å²) in [4.78, 5) is 0. The maximum absolute atomic E-state index is 12.7. The molecule has 0 aliphatic carbocycles. The van der Waals surface area contributed by atoms with Gasteiger partial charge in [0, 0.05) is 10.6 Å². The van der Waals surface area contributed by atoms with E-state index < -0.39 is 17.5 Å². The van der Waals surface area contributed by atoms with E-state index in [2.05, 4.69) is 4.74 Å². The normalized spacial score (nSPS) is 12.7. The van der Waals surface area contributed by atoms with Gasteiger partial charge in [-0.05, 0) is 12.1 Å². The Labute approximate surface area is 121 Å². The number of halogens is 6.